The average Bonchev–Trinajstić information content (AvgIpc) is 2.38. The SMILES string of the molecule is Cc1ccc(NC(=O)Cn2cccc(C)c2=O)cc1. The predicted octanol–water partition coefficient (Wildman–Crippen LogP) is 2.10. The Labute approximate surface area is 111 Å². The maximum Gasteiger partial charge on any atom is 0.253 e. The smallest absolute Gasteiger partial charge is 0.253 e. The highest BCUT2D eigenvalue weighted by molar-refractivity contribution is 5.90. The third-order valence-corrected chi connectivity index (χ3v) is 2.86. The van der Waals surface area contributed by atoms with E-state index >= 15 is 0 Å². The fourth-order valence-electron chi connectivity index (χ4n) is 1.77. The van der Waals surface area contributed by atoms with Crippen LogP contribution >= 0.6 is 0 Å². The van der Waals surface area contributed by atoms with E-state index in [4.69, 9.17) is 0 Å². The molecule has 1 N–H and O–H groups in total. The fourth-order valence-corrected chi connectivity index (χ4v) is 1.77. The molecule has 2 rings (SSSR count). The number of hydrogen-bond donors (Lipinski definition) is 1. The summed E-state index contributed by atoms with van der Waals surface area (Å²) in [6, 6.07) is 11.0. The van der Waals surface area contributed by atoms with E-state index in [-0.39, 0.29) is 18.0 Å². The number of benzene rings is 1. The van der Waals surface area contributed by atoms with E-state index in [1.807, 2.05) is 31.2 Å². The van der Waals surface area contributed by atoms with Crippen LogP contribution in [0.1, 0.15) is 11.1 Å². The van der Waals surface area contributed by atoms with Crippen molar-refractivity contribution in [1.29, 1.82) is 0 Å². The monoisotopic (exact) mass is 256 g/mol. The van der Waals surface area contributed by atoms with Crippen LogP contribution in [0.25, 0.3) is 0 Å². The van der Waals surface area contributed by atoms with Crippen molar-refractivity contribution in [1.82, 2.24) is 4.57 Å². The second kappa shape index (κ2) is 5.52. The quantitative estimate of drug-likeness (QED) is 0.914. The number of nitrogens with one attached hydrogen (secondary N) is 1. The van der Waals surface area contributed by atoms with Gasteiger partial charge in [0.2, 0.25) is 5.91 Å². The molecule has 0 fully saturated rings. The van der Waals surface area contributed by atoms with E-state index < -0.39 is 0 Å². The molecule has 1 aromatic heterocycles. The van der Waals surface area contributed by atoms with Crippen molar-refractivity contribution in [2.75, 3.05) is 5.32 Å². The largest absolute Gasteiger partial charge is 0.325 e. The molecule has 0 atom stereocenters. The lowest BCUT2D eigenvalue weighted by Crippen LogP contribution is -2.28. The summed E-state index contributed by atoms with van der Waals surface area (Å²) in [7, 11) is 0. The first kappa shape index (κ1) is 13.1. The van der Waals surface area contributed by atoms with Crippen LogP contribution in [0.5, 0.6) is 0 Å². The zero-order valence-corrected chi connectivity index (χ0v) is 11.0. The van der Waals surface area contributed by atoms with E-state index in [9.17, 15) is 9.59 Å². The number of hydrogen-bond acceptors (Lipinski definition) is 2. The number of aryl methyl sites for hydroxylation is 2. The summed E-state index contributed by atoms with van der Waals surface area (Å²) in [4.78, 5) is 23.6. The number of carbonyl (C=O) groups excluding carboxylic acids is 1. The Morgan fingerprint density at radius 3 is 2.53 bits per heavy atom. The number of anilines is 1. The van der Waals surface area contributed by atoms with Gasteiger partial charge in [-0.05, 0) is 32.0 Å². The van der Waals surface area contributed by atoms with E-state index in [1.54, 1.807) is 25.3 Å². The van der Waals surface area contributed by atoms with Gasteiger partial charge in [0.15, 0.2) is 0 Å². The van der Waals surface area contributed by atoms with Crippen LogP contribution in [0.3, 0.4) is 0 Å². The summed E-state index contributed by atoms with van der Waals surface area (Å²) in [6.45, 7) is 3.74. The van der Waals surface area contributed by atoms with E-state index in [1.165, 1.54) is 4.57 Å². The minimum atomic E-state index is -0.212. The minimum Gasteiger partial charge on any atom is -0.325 e. The van der Waals surface area contributed by atoms with Gasteiger partial charge < -0.3 is 9.88 Å². The number of aromatic nitrogens is 1. The van der Waals surface area contributed by atoms with Crippen molar-refractivity contribution in [3.05, 3.63) is 64.1 Å². The molecule has 0 bridgehead atoms. The molecule has 2 aromatic rings. The maximum atomic E-state index is 11.9. The molecular formula is C15H16N2O2. The maximum absolute atomic E-state index is 11.9. The van der Waals surface area contributed by atoms with Gasteiger partial charge in [-0.3, -0.25) is 9.59 Å². The topological polar surface area (TPSA) is 51.1 Å². The first-order chi connectivity index (χ1) is 9.06. The van der Waals surface area contributed by atoms with Crippen LogP contribution in [-0.2, 0) is 11.3 Å². The van der Waals surface area contributed by atoms with Crippen LogP contribution in [0.15, 0.2) is 47.4 Å². The van der Waals surface area contributed by atoms with Crippen molar-refractivity contribution < 1.29 is 4.79 Å². The molecule has 0 spiro atoms. The summed E-state index contributed by atoms with van der Waals surface area (Å²) in [6.07, 6.45) is 1.62. The number of rotatable bonds is 3. The zero-order valence-electron chi connectivity index (χ0n) is 11.0. The van der Waals surface area contributed by atoms with Gasteiger partial charge in [-0.25, -0.2) is 0 Å². The summed E-state index contributed by atoms with van der Waals surface area (Å²) in [5.41, 5.74) is 2.36. The lowest BCUT2D eigenvalue weighted by atomic mass is 10.2. The highest BCUT2D eigenvalue weighted by Gasteiger charge is 2.05. The van der Waals surface area contributed by atoms with Gasteiger partial charge >= 0.3 is 0 Å². The summed E-state index contributed by atoms with van der Waals surface area (Å²) in [5, 5.41) is 2.77. The van der Waals surface area contributed by atoms with Gasteiger partial charge in [0.05, 0.1) is 0 Å². The summed E-state index contributed by atoms with van der Waals surface area (Å²) < 4.78 is 1.40. The van der Waals surface area contributed by atoms with Gasteiger partial charge in [-0.2, -0.15) is 0 Å². The van der Waals surface area contributed by atoms with Crippen LogP contribution in [0.2, 0.25) is 0 Å². The molecule has 19 heavy (non-hydrogen) atoms. The van der Waals surface area contributed by atoms with Crippen molar-refractivity contribution in [3.63, 3.8) is 0 Å². The molecule has 0 aliphatic rings. The molecule has 0 saturated carbocycles. The van der Waals surface area contributed by atoms with Gasteiger partial charge in [0.25, 0.3) is 5.56 Å². The highest BCUT2D eigenvalue weighted by Crippen LogP contribution is 2.08. The summed E-state index contributed by atoms with van der Waals surface area (Å²) in [5.74, 6) is -0.212. The van der Waals surface area contributed by atoms with Crippen molar-refractivity contribution in [2.45, 2.75) is 20.4 Å². The van der Waals surface area contributed by atoms with Gasteiger partial charge in [-0.1, -0.05) is 23.8 Å². The Kier molecular flexibility index (Phi) is 3.80. The van der Waals surface area contributed by atoms with Crippen LogP contribution < -0.4 is 10.9 Å². The van der Waals surface area contributed by atoms with Crippen LogP contribution in [0.4, 0.5) is 5.69 Å². The minimum absolute atomic E-state index is 0.0222. The second-order valence-electron chi connectivity index (χ2n) is 4.54. The fraction of sp³-hybridized carbons (Fsp3) is 0.200. The summed E-state index contributed by atoms with van der Waals surface area (Å²) >= 11 is 0. The van der Waals surface area contributed by atoms with Crippen molar-refractivity contribution in [3.8, 4) is 0 Å². The Bertz CT molecular complexity index is 642. The van der Waals surface area contributed by atoms with Gasteiger partial charge in [0.1, 0.15) is 6.54 Å². The molecule has 1 heterocycles. The highest BCUT2D eigenvalue weighted by atomic mass is 16.2. The lowest BCUT2D eigenvalue weighted by Gasteiger charge is -2.08. The normalized spacial score (nSPS) is 10.2. The molecule has 0 aliphatic heterocycles. The Hall–Kier alpha value is -2.36. The first-order valence-electron chi connectivity index (χ1n) is 6.09. The molecule has 4 nitrogen and oxygen atoms in total. The Morgan fingerprint density at radius 1 is 1.16 bits per heavy atom. The number of carbonyl (C=O) groups is 1. The second-order valence-corrected chi connectivity index (χ2v) is 4.54. The molecule has 0 saturated heterocycles. The van der Waals surface area contributed by atoms with E-state index in [2.05, 4.69) is 5.32 Å². The molecule has 0 unspecified atom stereocenters. The van der Waals surface area contributed by atoms with Gasteiger partial charge in [-0.15, -0.1) is 0 Å². The third kappa shape index (κ3) is 3.31. The molecule has 1 amide bonds. The molecular weight excluding hydrogens is 240 g/mol. The number of pyridine rings is 1. The Balaban J connectivity index is 2.07. The van der Waals surface area contributed by atoms with Crippen molar-refractivity contribution in [2.24, 2.45) is 0 Å². The van der Waals surface area contributed by atoms with E-state index in [0.29, 0.717) is 5.56 Å². The van der Waals surface area contributed by atoms with Crippen LogP contribution in [0, 0.1) is 13.8 Å². The third-order valence-electron chi connectivity index (χ3n) is 2.86. The lowest BCUT2D eigenvalue weighted by molar-refractivity contribution is -0.116. The number of nitrogens with zero attached hydrogens (tertiary/aromatic N) is 1. The van der Waals surface area contributed by atoms with Gasteiger partial charge in [0, 0.05) is 17.4 Å². The first-order valence-corrected chi connectivity index (χ1v) is 6.09. The molecule has 0 radical (unpaired) electrons. The molecule has 0 aliphatic carbocycles. The molecule has 4 heteroatoms. The van der Waals surface area contributed by atoms with Crippen molar-refractivity contribution >= 4 is 11.6 Å². The zero-order chi connectivity index (χ0) is 13.8. The van der Waals surface area contributed by atoms with E-state index in [0.717, 1.165) is 11.3 Å². The predicted molar refractivity (Wildman–Crippen MR) is 75.2 cm³/mol. The standard InChI is InChI=1S/C15H16N2O2/c1-11-5-7-13(8-6-11)16-14(18)10-17-9-3-4-12(2)15(17)19/h3-9H,10H2,1-2H3,(H,16,18). The van der Waals surface area contributed by atoms with Crippen LogP contribution in [-0.4, -0.2) is 10.5 Å². The average molecular weight is 256 g/mol. The Morgan fingerprint density at radius 2 is 1.84 bits per heavy atom. The number of amides is 1. The molecule has 98 valence electrons. The molecule has 1 aromatic carbocycles.